The Bertz CT molecular complexity index is 1180. The first-order valence-electron chi connectivity index (χ1n) is 11.6. The summed E-state index contributed by atoms with van der Waals surface area (Å²) in [5.41, 5.74) is 3.12. The molecule has 1 N–H and O–H groups in total. The van der Waals surface area contributed by atoms with Crippen molar-refractivity contribution in [3.63, 3.8) is 0 Å². The van der Waals surface area contributed by atoms with Crippen molar-refractivity contribution in [3.05, 3.63) is 58.0 Å². The number of ketones is 1. The van der Waals surface area contributed by atoms with Gasteiger partial charge in [-0.2, -0.15) is 0 Å². The van der Waals surface area contributed by atoms with Crippen molar-refractivity contribution < 1.29 is 33.4 Å². The fraction of sp³-hybridized carbons (Fsp3) is 0.462. The quantitative estimate of drug-likeness (QED) is 0.638. The summed E-state index contributed by atoms with van der Waals surface area (Å²) in [6, 6.07) is 5.63. The van der Waals surface area contributed by atoms with Crippen LogP contribution in [0.15, 0.2) is 24.3 Å². The number of aromatic nitrogens is 1. The SMILES string of the molecule is COc1ccc2c(n1)CCN(C(=O)OCCC(=O)O)[C@H]2C(=O)Cc1cc(F)c2c(c1)CCC2(C)C. The fourth-order valence-electron chi connectivity index (χ4n) is 5.08. The maximum atomic E-state index is 15.0. The Kier molecular flexibility index (Phi) is 6.78. The molecule has 0 radical (unpaired) electrons. The maximum absolute atomic E-state index is 15.0. The molecule has 0 saturated heterocycles. The van der Waals surface area contributed by atoms with Crippen LogP contribution in [0.5, 0.6) is 5.88 Å². The van der Waals surface area contributed by atoms with Crippen LogP contribution in [0.3, 0.4) is 0 Å². The van der Waals surface area contributed by atoms with Crippen LogP contribution in [0.2, 0.25) is 0 Å². The third-order valence-electron chi connectivity index (χ3n) is 6.78. The van der Waals surface area contributed by atoms with Crippen LogP contribution in [-0.4, -0.2) is 53.1 Å². The lowest BCUT2D eigenvalue weighted by Crippen LogP contribution is -2.44. The molecule has 2 heterocycles. The van der Waals surface area contributed by atoms with E-state index < -0.39 is 18.1 Å². The van der Waals surface area contributed by atoms with Gasteiger partial charge in [0.25, 0.3) is 0 Å². The zero-order valence-electron chi connectivity index (χ0n) is 20.1. The summed E-state index contributed by atoms with van der Waals surface area (Å²) in [7, 11) is 1.50. The van der Waals surface area contributed by atoms with Gasteiger partial charge in [0.05, 0.1) is 19.2 Å². The van der Waals surface area contributed by atoms with E-state index in [1.165, 1.54) is 18.1 Å². The molecule has 1 aliphatic heterocycles. The number of pyridine rings is 1. The number of halogens is 1. The molecule has 0 unspecified atom stereocenters. The zero-order chi connectivity index (χ0) is 25.3. The molecule has 1 aromatic heterocycles. The number of amides is 1. The third kappa shape index (κ3) is 4.99. The number of aryl methyl sites for hydroxylation is 1. The molecular formula is C26H29FN2O6. The highest BCUT2D eigenvalue weighted by molar-refractivity contribution is 5.91. The lowest BCUT2D eigenvalue weighted by molar-refractivity contribution is -0.138. The number of methoxy groups -OCH3 is 1. The Hall–Kier alpha value is -3.49. The number of hydrogen-bond acceptors (Lipinski definition) is 6. The number of carboxylic acid groups (broad SMARTS) is 1. The molecule has 1 atom stereocenters. The van der Waals surface area contributed by atoms with Crippen molar-refractivity contribution in [3.8, 4) is 5.88 Å². The van der Waals surface area contributed by atoms with Crippen LogP contribution in [-0.2, 0) is 39.0 Å². The van der Waals surface area contributed by atoms with E-state index in [2.05, 4.69) is 4.98 Å². The Morgan fingerprint density at radius 3 is 2.71 bits per heavy atom. The summed E-state index contributed by atoms with van der Waals surface area (Å²) in [5.74, 6) is -1.30. The van der Waals surface area contributed by atoms with Crippen LogP contribution in [0.1, 0.15) is 60.7 Å². The molecule has 8 nitrogen and oxygen atoms in total. The van der Waals surface area contributed by atoms with Crippen molar-refractivity contribution >= 4 is 17.8 Å². The minimum Gasteiger partial charge on any atom is -0.481 e. The van der Waals surface area contributed by atoms with Crippen molar-refractivity contribution in [1.29, 1.82) is 0 Å². The summed E-state index contributed by atoms with van der Waals surface area (Å²) >= 11 is 0. The van der Waals surface area contributed by atoms with Gasteiger partial charge >= 0.3 is 12.1 Å². The van der Waals surface area contributed by atoms with Crippen LogP contribution in [0.25, 0.3) is 0 Å². The molecular weight excluding hydrogens is 455 g/mol. The van der Waals surface area contributed by atoms with Crippen molar-refractivity contribution in [1.82, 2.24) is 9.88 Å². The van der Waals surface area contributed by atoms with E-state index in [1.54, 1.807) is 12.1 Å². The molecule has 0 saturated carbocycles. The summed E-state index contributed by atoms with van der Waals surface area (Å²) < 4.78 is 25.3. The number of carboxylic acids is 1. The first-order valence-corrected chi connectivity index (χ1v) is 11.6. The minimum absolute atomic E-state index is 0.0698. The molecule has 35 heavy (non-hydrogen) atoms. The second kappa shape index (κ2) is 9.64. The van der Waals surface area contributed by atoms with Gasteiger partial charge in [-0.05, 0) is 47.1 Å². The summed E-state index contributed by atoms with van der Waals surface area (Å²) in [5, 5.41) is 8.83. The number of fused-ring (bicyclic) bond motifs is 2. The first-order chi connectivity index (χ1) is 16.6. The minimum atomic E-state index is -1.09. The first kappa shape index (κ1) is 24.6. The lowest BCUT2D eigenvalue weighted by atomic mass is 9.85. The van der Waals surface area contributed by atoms with Crippen LogP contribution < -0.4 is 4.74 Å². The normalized spacial score (nSPS) is 17.9. The van der Waals surface area contributed by atoms with Gasteiger partial charge < -0.3 is 14.6 Å². The van der Waals surface area contributed by atoms with Crippen molar-refractivity contribution in [2.75, 3.05) is 20.3 Å². The van der Waals surface area contributed by atoms with E-state index in [0.29, 0.717) is 34.7 Å². The monoisotopic (exact) mass is 484 g/mol. The predicted molar refractivity (Wildman–Crippen MR) is 124 cm³/mol. The summed E-state index contributed by atoms with van der Waals surface area (Å²) in [4.78, 5) is 42.9. The van der Waals surface area contributed by atoms with Gasteiger partial charge in [0.2, 0.25) is 5.88 Å². The van der Waals surface area contributed by atoms with Crippen molar-refractivity contribution in [2.24, 2.45) is 0 Å². The zero-order valence-corrected chi connectivity index (χ0v) is 20.1. The highest BCUT2D eigenvalue weighted by Gasteiger charge is 2.38. The number of carbonyl (C=O) groups excluding carboxylic acids is 2. The fourth-order valence-corrected chi connectivity index (χ4v) is 5.08. The molecule has 2 aromatic rings. The van der Waals surface area contributed by atoms with Gasteiger partial charge in [0, 0.05) is 31.0 Å². The number of carbonyl (C=O) groups is 3. The molecule has 0 spiro atoms. The molecule has 1 amide bonds. The summed E-state index contributed by atoms with van der Waals surface area (Å²) in [6.07, 6.45) is 0.799. The van der Waals surface area contributed by atoms with Gasteiger partial charge in [0.15, 0.2) is 5.78 Å². The highest BCUT2D eigenvalue weighted by Crippen LogP contribution is 2.41. The maximum Gasteiger partial charge on any atom is 0.410 e. The van der Waals surface area contributed by atoms with Crippen molar-refractivity contribution in [2.45, 2.75) is 57.4 Å². The molecule has 0 bridgehead atoms. The summed E-state index contributed by atoms with van der Waals surface area (Å²) in [6.45, 7) is 3.90. The number of ether oxygens (including phenoxy) is 2. The average molecular weight is 485 g/mol. The number of rotatable bonds is 7. The highest BCUT2D eigenvalue weighted by atomic mass is 19.1. The number of Topliss-reactive ketones (excluding diaryl/α,β-unsaturated/α-hetero) is 1. The topological polar surface area (TPSA) is 106 Å². The molecule has 4 rings (SSSR count). The second-order valence-electron chi connectivity index (χ2n) is 9.63. The Balaban J connectivity index is 1.63. The lowest BCUT2D eigenvalue weighted by Gasteiger charge is -2.35. The number of nitrogens with zero attached hydrogens (tertiary/aromatic N) is 2. The van der Waals surface area contributed by atoms with Gasteiger partial charge in [-0.3, -0.25) is 14.5 Å². The predicted octanol–water partition coefficient (Wildman–Crippen LogP) is 3.78. The van der Waals surface area contributed by atoms with E-state index in [9.17, 15) is 14.4 Å². The molecule has 1 aromatic carbocycles. The number of hydrogen-bond donors (Lipinski definition) is 1. The van der Waals surface area contributed by atoms with E-state index >= 15 is 4.39 Å². The Labute approximate surface area is 203 Å². The van der Waals surface area contributed by atoms with Crippen LogP contribution >= 0.6 is 0 Å². The van der Waals surface area contributed by atoms with Gasteiger partial charge in [0.1, 0.15) is 18.5 Å². The van der Waals surface area contributed by atoms with E-state index in [4.69, 9.17) is 14.6 Å². The van der Waals surface area contributed by atoms with Gasteiger partial charge in [-0.1, -0.05) is 19.9 Å². The number of benzene rings is 1. The largest absolute Gasteiger partial charge is 0.481 e. The Morgan fingerprint density at radius 1 is 1.23 bits per heavy atom. The van der Waals surface area contributed by atoms with Crippen LogP contribution in [0, 0.1) is 5.82 Å². The molecule has 9 heteroatoms. The van der Waals surface area contributed by atoms with E-state index in [-0.39, 0.29) is 43.0 Å². The third-order valence-corrected chi connectivity index (χ3v) is 6.78. The smallest absolute Gasteiger partial charge is 0.410 e. The van der Waals surface area contributed by atoms with E-state index in [0.717, 1.165) is 18.4 Å². The molecule has 0 fully saturated rings. The molecule has 2 aliphatic rings. The average Bonchev–Trinajstić information content (AvgIpc) is 3.12. The molecule has 1 aliphatic carbocycles. The Morgan fingerprint density at radius 2 is 2.00 bits per heavy atom. The van der Waals surface area contributed by atoms with Gasteiger partial charge in [-0.25, -0.2) is 14.2 Å². The standard InChI is InChI=1S/C26H29FN2O6/c1-26(2)9-6-16-12-15(13-18(27)23(16)26)14-20(30)24-17-4-5-21(34-3)28-19(17)7-10-29(24)25(33)35-11-8-22(31)32/h4-5,12-13,24H,6-11,14H2,1-3H3,(H,31,32)/t24-/m1/s1. The number of aliphatic carboxylic acids is 1. The van der Waals surface area contributed by atoms with E-state index in [1.807, 2.05) is 19.9 Å². The van der Waals surface area contributed by atoms with Crippen LogP contribution in [0.4, 0.5) is 9.18 Å². The van der Waals surface area contributed by atoms with Gasteiger partial charge in [-0.15, -0.1) is 0 Å². The second-order valence-corrected chi connectivity index (χ2v) is 9.63. The molecule has 186 valence electrons.